The molecule has 5 N–H and O–H groups in total. The first-order valence-corrected chi connectivity index (χ1v) is 28.1. The van der Waals surface area contributed by atoms with Crippen LogP contribution in [0.3, 0.4) is 0 Å². The Labute approximate surface area is 494 Å². The Morgan fingerprint density at radius 1 is 0.337 bits per heavy atom. The molecule has 86 heavy (non-hydrogen) atoms. The summed E-state index contributed by atoms with van der Waals surface area (Å²) in [5.41, 5.74) is 18.4. The number of pyridine rings is 4. The quantitative estimate of drug-likeness (QED) is 0.0628. The van der Waals surface area contributed by atoms with Gasteiger partial charge in [0.15, 0.2) is 51.0 Å². The molecular weight excluding hydrogens is 1070 g/mol. The van der Waals surface area contributed by atoms with E-state index in [4.69, 9.17) is 9.97 Å². The summed E-state index contributed by atoms with van der Waals surface area (Å²) in [6.07, 6.45) is 16.4. The molecule has 0 unspecified atom stereocenters. The number of nitrogens with one attached hydrogen (secondary N) is 2. The van der Waals surface area contributed by atoms with E-state index in [-0.39, 0.29) is 16.7 Å². The molecule has 2 aliphatic heterocycles. The molecule has 8 bridgehead atoms. The zero-order chi connectivity index (χ0) is 58.8. The van der Waals surface area contributed by atoms with Crippen molar-refractivity contribution < 1.29 is 48.0 Å². The second kappa shape index (κ2) is 23.0. The minimum Gasteiger partial charge on any atom is -0.478 e. The molecule has 0 spiro atoms. The van der Waals surface area contributed by atoms with Crippen LogP contribution in [-0.2, 0) is 26.2 Å². The number of carboxylic acids is 3. The first-order chi connectivity index (χ1) is 42.0. The van der Waals surface area contributed by atoms with Crippen molar-refractivity contribution in [2.45, 2.75) is 33.1 Å². The van der Waals surface area contributed by atoms with Gasteiger partial charge in [-0.3, -0.25) is 0 Å². The molecule has 0 radical (unpaired) electrons. The number of aromatic carboxylic acids is 3. The van der Waals surface area contributed by atoms with Gasteiger partial charge in [0.05, 0.1) is 83.8 Å². The Kier molecular flexibility index (Phi) is 14.4. The number of carboxylic acid groups (broad SMARTS) is 3. The normalized spacial score (nSPS) is 11.7. The predicted molar refractivity (Wildman–Crippen MR) is 329 cm³/mol. The van der Waals surface area contributed by atoms with Gasteiger partial charge in [-0.15, -0.1) is 0 Å². The van der Waals surface area contributed by atoms with E-state index in [0.29, 0.717) is 43.3 Å². The Morgan fingerprint density at radius 3 is 0.826 bits per heavy atom. The number of rotatable bonds is 15. The lowest BCUT2D eigenvalue weighted by Crippen LogP contribution is -2.36. The van der Waals surface area contributed by atoms with E-state index in [9.17, 15) is 29.7 Å². The summed E-state index contributed by atoms with van der Waals surface area (Å²) in [5, 5.41) is 29.3. The Balaban J connectivity index is 1.12. The van der Waals surface area contributed by atoms with Crippen LogP contribution in [0.5, 0.6) is 0 Å². The predicted octanol–water partition coefficient (Wildman–Crippen LogP) is 12.1. The molecule has 0 amide bonds. The van der Waals surface area contributed by atoms with Crippen molar-refractivity contribution in [1.82, 2.24) is 19.9 Å². The van der Waals surface area contributed by atoms with E-state index in [1.165, 1.54) is 5.56 Å². The molecule has 7 aromatic heterocycles. The lowest BCUT2D eigenvalue weighted by atomic mass is 10.1. The second-order valence-corrected chi connectivity index (χ2v) is 21.3. The summed E-state index contributed by atoms with van der Waals surface area (Å²) in [7, 11) is 0. The van der Waals surface area contributed by atoms with E-state index >= 15 is 0 Å². The third-order valence-corrected chi connectivity index (χ3v) is 15.7. The largest absolute Gasteiger partial charge is 0.478 e. The standard InChI is InChI=1S/C72H52N8O6/c1-46-14-16-47(17-15-46)42-77-38-6-2-10-62(77)66-54-30-32-56(73-54)67(63-11-3-7-39-78(63)43-48-18-24-51(25-19-48)70(81)82)58-34-36-60(75-58)69(65-13-5-9-41-80(65)45-50-22-28-53(29-23-50)72(85)86)61-37-35-59(76-61)68(57-33-31-55(66)74-57)64-12-4-8-40-79(64)44-49-20-26-52(27-21-49)71(83)84/h2-41H,42-45H2,1H3,(H-3,73,74,75,76,81,82,83,84,85,86)/p+4. The molecule has 14 nitrogen and oxygen atoms in total. The van der Waals surface area contributed by atoms with Crippen LogP contribution in [0.4, 0.5) is 0 Å². The summed E-state index contributed by atoms with van der Waals surface area (Å²) in [4.78, 5) is 54.9. The maximum atomic E-state index is 11.9. The number of H-pyrrole nitrogens is 2. The molecule has 14 heteroatoms. The summed E-state index contributed by atoms with van der Waals surface area (Å²) in [5.74, 6) is -2.97. The fraction of sp³-hybridized carbons (Fsp3) is 0.0694. The average molecular weight is 1130 g/mol. The molecule has 0 saturated carbocycles. The van der Waals surface area contributed by atoms with Crippen molar-refractivity contribution in [3.8, 4) is 45.0 Å². The highest BCUT2D eigenvalue weighted by Gasteiger charge is 2.28. The molecule has 9 heterocycles. The second-order valence-electron chi connectivity index (χ2n) is 21.3. The van der Waals surface area contributed by atoms with Gasteiger partial charge in [-0.25, -0.2) is 24.4 Å². The van der Waals surface area contributed by atoms with Gasteiger partial charge in [0.2, 0.25) is 22.8 Å². The third kappa shape index (κ3) is 10.9. The number of fused-ring (bicyclic) bond motifs is 8. The zero-order valence-corrected chi connectivity index (χ0v) is 46.7. The van der Waals surface area contributed by atoms with Crippen molar-refractivity contribution in [3.63, 3.8) is 0 Å². The summed E-state index contributed by atoms with van der Waals surface area (Å²) >= 11 is 0. The SMILES string of the molecule is Cc1ccc(C[n+]2ccccc2-c2c3nc(c(-c4cccc[n+]4Cc4ccc(C(=O)O)cc4)c4ccc([nH]4)c(-c4cccc[n+]4Cc4ccc(C(=O)O)cc4)c4nc(c(-c5cccc[n+]5Cc5ccc(C(=O)O)cc5)c5ccc2[nH]5)C=C4)C=C3)cc1. The van der Waals surface area contributed by atoms with Crippen molar-refractivity contribution in [3.05, 3.63) is 286 Å². The maximum Gasteiger partial charge on any atom is 0.335 e. The van der Waals surface area contributed by atoms with Gasteiger partial charge in [-0.05, 0) is 116 Å². The number of carbonyl (C=O) groups is 3. The van der Waals surface area contributed by atoms with Gasteiger partial charge in [0.25, 0.3) is 0 Å². The molecule has 11 aromatic rings. The minimum atomic E-state index is -0.995. The number of aromatic nitrogens is 8. The minimum absolute atomic E-state index is 0.202. The van der Waals surface area contributed by atoms with Gasteiger partial charge >= 0.3 is 17.9 Å². The molecule has 416 valence electrons. The van der Waals surface area contributed by atoms with Crippen molar-refractivity contribution in [1.29, 1.82) is 0 Å². The van der Waals surface area contributed by atoms with Crippen LogP contribution in [0, 0.1) is 6.92 Å². The van der Waals surface area contributed by atoms with Crippen LogP contribution in [-0.4, -0.2) is 53.2 Å². The van der Waals surface area contributed by atoms with E-state index in [1.807, 2.05) is 97.5 Å². The van der Waals surface area contributed by atoms with E-state index in [0.717, 1.165) is 95.0 Å². The number of aryl methyl sites for hydroxylation is 1. The first-order valence-electron chi connectivity index (χ1n) is 28.1. The van der Waals surface area contributed by atoms with Crippen molar-refractivity contribution in [2.75, 3.05) is 0 Å². The molecule has 0 saturated heterocycles. The van der Waals surface area contributed by atoms with Crippen LogP contribution in [0.25, 0.3) is 91.4 Å². The molecule has 2 aliphatic rings. The Bertz CT molecular complexity index is 4640. The lowest BCUT2D eigenvalue weighted by Gasteiger charge is -2.08. The molecule has 0 fully saturated rings. The van der Waals surface area contributed by atoms with Crippen molar-refractivity contribution >= 4 is 64.3 Å². The highest BCUT2D eigenvalue weighted by atomic mass is 16.4. The topological polar surface area (TPSA) is 185 Å². The van der Waals surface area contributed by atoms with Crippen molar-refractivity contribution in [2.24, 2.45) is 0 Å². The number of hydrogen-bond donors (Lipinski definition) is 5. The van der Waals surface area contributed by atoms with Crippen LogP contribution in [0.1, 0.15) is 81.7 Å². The Hall–Kier alpha value is -11.5. The van der Waals surface area contributed by atoms with Gasteiger partial charge in [-0.2, -0.15) is 18.3 Å². The van der Waals surface area contributed by atoms with Gasteiger partial charge in [0.1, 0.15) is 0 Å². The molecular formula is C72H56N8O6+4. The zero-order valence-electron chi connectivity index (χ0n) is 46.7. The van der Waals surface area contributed by atoms with E-state index in [2.05, 4.69) is 145 Å². The first kappa shape index (κ1) is 53.8. The third-order valence-electron chi connectivity index (χ3n) is 15.7. The van der Waals surface area contributed by atoms with Gasteiger partial charge in [0, 0.05) is 70.8 Å². The highest BCUT2D eigenvalue weighted by Crippen LogP contribution is 2.37. The summed E-state index contributed by atoms with van der Waals surface area (Å²) < 4.78 is 8.71. The van der Waals surface area contributed by atoms with Gasteiger partial charge < -0.3 is 25.3 Å². The lowest BCUT2D eigenvalue weighted by molar-refractivity contribution is -0.677. The summed E-state index contributed by atoms with van der Waals surface area (Å²) in [6, 6.07) is 62.2. The average Bonchev–Trinajstić information content (AvgIpc) is 3.59. The highest BCUT2D eigenvalue weighted by molar-refractivity contribution is 5.98. The number of nitrogens with zero attached hydrogens (tertiary/aromatic N) is 6. The maximum absolute atomic E-state index is 11.9. The van der Waals surface area contributed by atoms with Gasteiger partial charge in [-0.1, -0.05) is 66.2 Å². The van der Waals surface area contributed by atoms with Crippen LogP contribution in [0.15, 0.2) is 219 Å². The smallest absolute Gasteiger partial charge is 0.335 e. The molecule has 0 atom stereocenters. The number of benzene rings is 4. The van der Waals surface area contributed by atoms with Crippen LogP contribution in [0.2, 0.25) is 0 Å². The van der Waals surface area contributed by atoms with E-state index < -0.39 is 17.9 Å². The van der Waals surface area contributed by atoms with Crippen LogP contribution < -0.4 is 18.3 Å². The summed E-state index contributed by atoms with van der Waals surface area (Å²) in [6.45, 7) is 3.96. The fourth-order valence-corrected chi connectivity index (χ4v) is 11.4. The number of hydrogen-bond acceptors (Lipinski definition) is 5. The molecule has 4 aromatic carbocycles. The van der Waals surface area contributed by atoms with Crippen LogP contribution >= 0.6 is 0 Å². The monoisotopic (exact) mass is 1130 g/mol. The molecule has 13 rings (SSSR count). The molecule has 0 aliphatic carbocycles. The Morgan fingerprint density at radius 2 is 0.581 bits per heavy atom. The fourth-order valence-electron chi connectivity index (χ4n) is 11.4. The number of aromatic amines is 2. The van der Waals surface area contributed by atoms with E-state index in [1.54, 1.807) is 36.4 Å².